The number of benzene rings is 3. The first-order chi connectivity index (χ1) is 34.6. The maximum absolute atomic E-state index is 10.5. The Morgan fingerprint density at radius 1 is 0.343 bits per heavy atom. The van der Waals surface area contributed by atoms with E-state index in [1.54, 1.807) is 6.07 Å². The van der Waals surface area contributed by atoms with Crippen LogP contribution in [0.25, 0.3) is 0 Å². The van der Waals surface area contributed by atoms with Crippen LogP contribution < -0.4 is 4.74 Å². The van der Waals surface area contributed by atoms with Crippen molar-refractivity contribution < 1.29 is 71.2 Å². The van der Waals surface area contributed by atoms with E-state index in [9.17, 15) is 5.11 Å². The average molecular weight is 968 g/mol. The maximum atomic E-state index is 10.5. The van der Waals surface area contributed by atoms with Crippen LogP contribution in [0.15, 0.2) is 78.9 Å². The molecule has 0 aliphatic carbocycles. The van der Waals surface area contributed by atoms with E-state index in [1.807, 2.05) is 70.2 Å². The molecule has 2 nitrogen and oxygen atoms in total. The molecule has 0 bridgehead atoms. The summed E-state index contributed by atoms with van der Waals surface area (Å²) < 4.78 is 5.57. The summed E-state index contributed by atoms with van der Waals surface area (Å²) in [4.78, 5) is 0. The molecule has 0 heterocycles. The quantitative estimate of drug-likeness (QED) is 0.209. The summed E-state index contributed by atoms with van der Waals surface area (Å²) in [5.74, 6) is 98.4. The van der Waals surface area contributed by atoms with E-state index in [0.29, 0.717) is 5.75 Å². The van der Waals surface area contributed by atoms with Crippen LogP contribution in [0.4, 0.5) is 0 Å². The third-order valence-corrected chi connectivity index (χ3v) is 6.79. The van der Waals surface area contributed by atoms with Gasteiger partial charge in [-0.3, -0.25) is 0 Å². The van der Waals surface area contributed by atoms with Crippen LogP contribution in [0.5, 0.6) is 11.5 Å². The number of ether oxygens (including phenoxy) is 1. The predicted octanol–water partition coefficient (Wildman–Crippen LogP) is 17.7. The number of rotatable bonds is 4. The van der Waals surface area contributed by atoms with Gasteiger partial charge in [0.15, 0.2) is 0 Å². The van der Waals surface area contributed by atoms with Gasteiger partial charge in [-0.1, -0.05) is 88.4 Å². The van der Waals surface area contributed by atoms with Crippen molar-refractivity contribution >= 4 is 0 Å². The zero-order chi connectivity index (χ0) is 51.3. The van der Waals surface area contributed by atoms with E-state index in [2.05, 4.69) is 274 Å². The second-order valence-electron chi connectivity index (χ2n) is 10.8. The lowest BCUT2D eigenvalue weighted by molar-refractivity contribution is 0.461. The smallest absolute Gasteiger partial charge is 0.144 e. The number of hydrogen-bond acceptors (Lipinski definition) is 2. The number of aromatic hydroxyl groups is 1. The van der Waals surface area contributed by atoms with Crippen LogP contribution in [0.1, 0.15) is 113 Å². The van der Waals surface area contributed by atoms with Gasteiger partial charge in [0.05, 0.1) is 0 Å². The Kier molecular flexibility index (Phi) is 35.6. The zero-order valence-electron chi connectivity index (χ0n) is 38.6. The lowest BCUT2D eigenvalue weighted by Crippen LogP contribution is -2.25. The maximum Gasteiger partial charge on any atom is 0.144 e. The van der Waals surface area contributed by atoms with E-state index in [1.165, 1.54) is 6.07 Å². The molecule has 3 aromatic rings. The van der Waals surface area contributed by atoms with Crippen molar-refractivity contribution in [2.24, 2.45) is 0 Å². The van der Waals surface area contributed by atoms with Crippen LogP contribution in [0.3, 0.4) is 0 Å². The molecule has 0 amide bonds. The third kappa shape index (κ3) is 29.0. The highest BCUT2D eigenvalue weighted by Crippen LogP contribution is 2.41. The molecular formula is C68H118O2. The average Bonchev–Trinajstić information content (AvgIpc) is 3.40. The highest BCUT2D eigenvalue weighted by Gasteiger charge is 2.31. The van der Waals surface area contributed by atoms with Crippen LogP contribution in [0, 0.1) is 262 Å². The molecule has 0 saturated heterocycles. The molecule has 402 valence electrons. The van der Waals surface area contributed by atoms with Crippen LogP contribution in [-0.4, -0.2) is 5.11 Å². The molecule has 2 heteroatoms. The van der Waals surface area contributed by atoms with Gasteiger partial charge in [-0.25, -0.2) is 0 Å². The number of hydrogen-bond donors (Lipinski definition) is 1. The van der Waals surface area contributed by atoms with Crippen LogP contribution >= 0.6 is 0 Å². The molecule has 3 rings (SSSR count). The number of phenols is 1. The second-order valence-corrected chi connectivity index (χ2v) is 10.8. The molecule has 0 saturated carbocycles. The van der Waals surface area contributed by atoms with Crippen molar-refractivity contribution in [2.45, 2.75) is 40.0 Å². The van der Waals surface area contributed by atoms with Crippen molar-refractivity contribution in [3.8, 4) is 274 Å². The fraction of sp³-hybridized carbons (Fsp3) is 0.0882. The van der Waals surface area contributed by atoms with E-state index >= 15 is 0 Å². The van der Waals surface area contributed by atoms with Crippen LogP contribution in [-0.2, 0) is 5.41 Å². The van der Waals surface area contributed by atoms with Gasteiger partial charge in [-0.2, -0.15) is 0 Å². The first-order valence-electron chi connectivity index (χ1n) is 20.1. The topological polar surface area (TPSA) is 29.5 Å². The summed E-state index contributed by atoms with van der Waals surface area (Å²) in [5, 5.41) is 10.5. The van der Waals surface area contributed by atoms with Crippen molar-refractivity contribution in [1.29, 1.82) is 0 Å². The van der Waals surface area contributed by atoms with E-state index < -0.39 is 5.41 Å². The first kappa shape index (κ1) is 57.6. The second kappa shape index (κ2) is 43.2. The molecule has 0 unspecified atom stereocenters. The summed E-state index contributed by atoms with van der Waals surface area (Å²) in [6.45, 7) is 10.1. The van der Waals surface area contributed by atoms with Gasteiger partial charge < -0.3 is 9.84 Å². The molecule has 0 aliphatic heterocycles. The van der Waals surface area contributed by atoms with Gasteiger partial charge in [0.25, 0.3) is 0 Å². The van der Waals surface area contributed by atoms with Gasteiger partial charge in [0, 0.05) is 168 Å². The van der Waals surface area contributed by atoms with Crippen molar-refractivity contribution in [3.05, 3.63) is 95.6 Å². The Hall–Kier alpha value is -12.4. The summed E-state index contributed by atoms with van der Waals surface area (Å²) in [7, 11) is 0. The Balaban J connectivity index is -0.0000000150. The summed E-state index contributed by atoms with van der Waals surface area (Å²) in [5.41, 5.74) is 2.45. The number of terminal acetylenes is 3. The third-order valence-electron chi connectivity index (χ3n) is 6.79. The largest absolute Gasteiger partial charge is 0.508 e. The molecule has 1 N–H and O–H groups in total. The van der Waals surface area contributed by atoms with Crippen molar-refractivity contribution in [3.63, 3.8) is 0 Å². The molecule has 0 fully saturated rings. The lowest BCUT2D eigenvalue weighted by Gasteiger charge is -2.32. The molecule has 3 aromatic carbocycles. The SMILES string of the molecule is C#CC#CC#CC#CC#CC#CC#CC#CC#CC#CC#C.C#CC#CC#CC#CC#CC#CC#CC#CC#CC#CC#COc1cc(O)cc(C(C)(c2ccccc2)c2ccccc2)c1.CC.CC.[HH].[HH].[HH].[HH].[HH].[HH].[HH].[HH].[HH].[HH].[HH].[HH].[HH].[HH].[HH].[HH].[HH].[HH].[HH].[HH].[HH].[HH].[HH].[HH].[HH].[HH].[HH].[HH].[HH].[HH].[HH].[HH].[HH].[HH].[HH].[HH].[HH].[HH].[HH].[HH].[HH].[HH].[HH]. The molecule has 0 atom stereocenters. The Labute approximate surface area is 481 Å². The Morgan fingerprint density at radius 2 is 0.586 bits per heavy atom. The Morgan fingerprint density at radius 3 is 0.843 bits per heavy atom. The summed E-state index contributed by atoms with van der Waals surface area (Å²) >= 11 is 0. The van der Waals surface area contributed by atoms with Gasteiger partial charge in [0.1, 0.15) is 17.6 Å². The summed E-state index contributed by atoms with van der Waals surface area (Å²) in [6, 6.07) is 25.3. The highest BCUT2D eigenvalue weighted by atomic mass is 16.5. The fourth-order valence-electron chi connectivity index (χ4n) is 4.22. The first-order valence-corrected chi connectivity index (χ1v) is 20.1. The molecule has 0 radical (unpaired) electrons. The number of phenolic OH excluding ortho intramolecular Hbond substituents is 1. The van der Waals surface area contributed by atoms with Gasteiger partial charge in [-0.05, 0) is 178 Å². The Bertz CT molecular complexity index is 3750. The van der Waals surface area contributed by atoms with E-state index in [4.69, 9.17) is 24.0 Å². The molecule has 0 aromatic heterocycles. The fourth-order valence-corrected chi connectivity index (χ4v) is 4.22. The van der Waals surface area contributed by atoms with Crippen molar-refractivity contribution in [2.75, 3.05) is 0 Å². The minimum Gasteiger partial charge on any atom is -0.508 e. The van der Waals surface area contributed by atoms with Gasteiger partial charge in [-0.15, -0.1) is 19.3 Å². The predicted molar refractivity (Wildman–Crippen MR) is 375 cm³/mol. The van der Waals surface area contributed by atoms with E-state index in [-0.39, 0.29) is 67.1 Å². The van der Waals surface area contributed by atoms with E-state index in [0.717, 1.165) is 16.7 Å². The lowest BCUT2D eigenvalue weighted by atomic mass is 9.71. The van der Waals surface area contributed by atoms with Crippen LogP contribution in [0.2, 0.25) is 0 Å². The standard InChI is InChI=1S/C42H18O2.C22H2.2C2H6.43H2/c1-3-4-5-6-7-8-9-10-11-12-13-14-15-16-17-18-19-20-21-28-33-44-41-35-39(34-40(43)36-41)42(2,37-29-24-22-25-30-37)38-31-26-23-27-32-38;1-3-5-7-9-11-13-15-17-19-21-22-20-18-16-14-12-10-8-6-4-2;2*1-2;;;;;;;;;;;;;;;;;;;;;;;;;;;;;;;;;;;;;;;;;;;/h1,22-27,29-32,34-36,43H,2H3;1-2H;2*1-2H3;43*1H. The minimum atomic E-state index is -0.543. The molecule has 70 heavy (non-hydrogen) atoms. The molecular weight excluding hydrogens is 849 g/mol. The van der Waals surface area contributed by atoms with Gasteiger partial charge in [0.2, 0.25) is 0 Å². The molecule has 0 spiro atoms. The van der Waals surface area contributed by atoms with Gasteiger partial charge >= 0.3 is 0 Å². The monoisotopic (exact) mass is 967 g/mol. The zero-order valence-corrected chi connectivity index (χ0v) is 38.6. The normalized spacial score (nSPS) is 6.20. The highest BCUT2D eigenvalue weighted by molar-refractivity contribution is 5.54. The minimum absolute atomic E-state index is 0. The molecule has 0 aliphatic rings. The van der Waals surface area contributed by atoms with Crippen molar-refractivity contribution in [1.82, 2.24) is 0 Å². The summed E-state index contributed by atoms with van der Waals surface area (Å²) in [6.07, 6.45) is 17.3.